The lowest BCUT2D eigenvalue weighted by Crippen LogP contribution is -2.49. The van der Waals surface area contributed by atoms with Crippen molar-refractivity contribution in [1.29, 1.82) is 0 Å². The molecule has 0 unspecified atom stereocenters. The predicted octanol–water partition coefficient (Wildman–Crippen LogP) is -0.146. The van der Waals surface area contributed by atoms with Crippen LogP contribution in [0.25, 0.3) is 0 Å². The van der Waals surface area contributed by atoms with E-state index in [-0.39, 0.29) is 63.7 Å². The minimum atomic E-state index is -0.998. The standard InChI is InChI=1S/C37H53N7O9/c1-51-20-7-19-44-18-5-4-11-33(46)43-31(25-29-10-6-21-53-29)37(50)41-26-28-9-3-2-8-27(28)24-34(47)42-30(36(49)40-17-23-52-22-15-38)14-16-39-32(45)12-13-35(44)48/h2-3,6,8-10,12-13,21,30-31H,4-5,7,11,14-20,22-26,38H2,1H3,(H,39,45)(H,40,49)(H,41,50)(H,42,47)(H,43,46)/b13-12+/t30-,31-/m0/s1. The summed E-state index contributed by atoms with van der Waals surface area (Å²) in [7, 11) is 1.57. The van der Waals surface area contributed by atoms with E-state index in [4.69, 9.17) is 19.6 Å². The van der Waals surface area contributed by atoms with Crippen LogP contribution >= 0.6 is 0 Å². The Morgan fingerprint density at radius 1 is 0.962 bits per heavy atom. The Labute approximate surface area is 309 Å². The van der Waals surface area contributed by atoms with E-state index in [2.05, 4.69) is 26.6 Å². The number of carbonyl (C=O) groups excluding carboxylic acids is 6. The number of hydrogen-bond donors (Lipinski definition) is 6. The van der Waals surface area contributed by atoms with Crippen LogP contribution in [0, 0.1) is 0 Å². The van der Waals surface area contributed by atoms with E-state index in [0.717, 1.165) is 6.08 Å². The van der Waals surface area contributed by atoms with Crippen molar-refractivity contribution in [3.8, 4) is 0 Å². The fourth-order valence-corrected chi connectivity index (χ4v) is 5.53. The first-order chi connectivity index (χ1) is 25.7. The van der Waals surface area contributed by atoms with Gasteiger partial charge in [-0.3, -0.25) is 28.8 Å². The third kappa shape index (κ3) is 16.4. The summed E-state index contributed by atoms with van der Waals surface area (Å²) < 4.78 is 15.9. The number of amides is 6. The van der Waals surface area contributed by atoms with Crippen LogP contribution < -0.4 is 32.3 Å². The minimum Gasteiger partial charge on any atom is -0.469 e. The number of furan rings is 1. The van der Waals surface area contributed by atoms with Gasteiger partial charge in [0, 0.05) is 78.0 Å². The van der Waals surface area contributed by atoms with E-state index < -0.39 is 35.7 Å². The highest BCUT2D eigenvalue weighted by Crippen LogP contribution is 2.12. The molecule has 0 fully saturated rings. The molecule has 2 heterocycles. The Balaban J connectivity index is 1.81. The summed E-state index contributed by atoms with van der Waals surface area (Å²) in [4.78, 5) is 80.2. The third-order valence-electron chi connectivity index (χ3n) is 8.30. The summed E-state index contributed by atoms with van der Waals surface area (Å²) in [5.74, 6) is -2.09. The van der Waals surface area contributed by atoms with Crippen LogP contribution in [-0.2, 0) is 57.6 Å². The Morgan fingerprint density at radius 3 is 2.53 bits per heavy atom. The quantitative estimate of drug-likeness (QED) is 0.158. The molecule has 290 valence electrons. The molecule has 1 aliphatic rings. The number of nitrogens with one attached hydrogen (secondary N) is 5. The zero-order chi connectivity index (χ0) is 38.3. The molecule has 0 saturated carbocycles. The lowest BCUT2D eigenvalue weighted by Gasteiger charge is -2.22. The van der Waals surface area contributed by atoms with Gasteiger partial charge in [0.1, 0.15) is 17.8 Å². The zero-order valence-corrected chi connectivity index (χ0v) is 30.4. The number of methoxy groups -OCH3 is 1. The number of ether oxygens (including phenoxy) is 2. The monoisotopic (exact) mass is 739 g/mol. The molecule has 3 rings (SSSR count). The highest BCUT2D eigenvalue weighted by molar-refractivity contribution is 5.96. The van der Waals surface area contributed by atoms with Crippen molar-refractivity contribution in [2.24, 2.45) is 5.73 Å². The van der Waals surface area contributed by atoms with Crippen LogP contribution in [-0.4, -0.2) is 112 Å². The topological polar surface area (TPSA) is 223 Å². The molecule has 0 radical (unpaired) electrons. The lowest BCUT2D eigenvalue weighted by atomic mass is 10.0. The number of nitrogens with zero attached hydrogens (tertiary/aromatic N) is 1. The summed E-state index contributed by atoms with van der Waals surface area (Å²) in [6, 6.07) is 8.57. The maximum atomic E-state index is 13.5. The lowest BCUT2D eigenvalue weighted by molar-refractivity contribution is -0.129. The van der Waals surface area contributed by atoms with Crippen molar-refractivity contribution in [1.82, 2.24) is 31.5 Å². The van der Waals surface area contributed by atoms with Crippen molar-refractivity contribution in [2.45, 2.75) is 63.6 Å². The Morgan fingerprint density at radius 2 is 1.77 bits per heavy atom. The maximum Gasteiger partial charge on any atom is 0.246 e. The Kier molecular flexibility index (Phi) is 19.4. The van der Waals surface area contributed by atoms with Gasteiger partial charge in [0.05, 0.1) is 25.9 Å². The van der Waals surface area contributed by atoms with Gasteiger partial charge in [0.15, 0.2) is 0 Å². The fraction of sp³-hybridized carbons (Fsp3) is 0.514. The first-order valence-corrected chi connectivity index (χ1v) is 17.9. The number of carbonyl (C=O) groups is 6. The van der Waals surface area contributed by atoms with Gasteiger partial charge in [-0.2, -0.15) is 0 Å². The number of hydrogen-bond acceptors (Lipinski definition) is 10. The van der Waals surface area contributed by atoms with Crippen molar-refractivity contribution in [3.63, 3.8) is 0 Å². The fourth-order valence-electron chi connectivity index (χ4n) is 5.53. The smallest absolute Gasteiger partial charge is 0.246 e. The van der Waals surface area contributed by atoms with Crippen molar-refractivity contribution in [2.75, 3.05) is 59.7 Å². The predicted molar refractivity (Wildman–Crippen MR) is 195 cm³/mol. The number of fused-ring (bicyclic) bond motifs is 1. The summed E-state index contributed by atoms with van der Waals surface area (Å²) in [5, 5.41) is 13.9. The van der Waals surface area contributed by atoms with Crippen LogP contribution in [0.1, 0.15) is 49.0 Å². The SMILES string of the molecule is COCCCN1CCCCC(=O)N[C@@H](Cc2ccco2)C(=O)NCc2ccccc2CC(=O)N[C@H](C(=O)NCCOCCN)CCNC(=O)/C=C/C1=O. The summed E-state index contributed by atoms with van der Waals surface area (Å²) in [6.07, 6.45) is 5.54. The van der Waals surface area contributed by atoms with E-state index in [1.54, 1.807) is 48.4 Å². The van der Waals surface area contributed by atoms with Crippen molar-refractivity contribution in [3.05, 3.63) is 71.7 Å². The van der Waals surface area contributed by atoms with Gasteiger partial charge in [0.25, 0.3) is 0 Å². The molecule has 16 nitrogen and oxygen atoms in total. The molecule has 16 heteroatoms. The zero-order valence-electron chi connectivity index (χ0n) is 30.4. The molecule has 6 amide bonds. The van der Waals surface area contributed by atoms with Crippen LogP contribution in [0.3, 0.4) is 0 Å². The second-order valence-corrected chi connectivity index (χ2v) is 12.4. The molecule has 2 aromatic rings. The van der Waals surface area contributed by atoms with Gasteiger partial charge < -0.3 is 51.1 Å². The van der Waals surface area contributed by atoms with E-state index in [0.29, 0.717) is 69.0 Å². The molecule has 7 N–H and O–H groups in total. The highest BCUT2D eigenvalue weighted by Gasteiger charge is 2.24. The summed E-state index contributed by atoms with van der Waals surface area (Å²) in [5.41, 5.74) is 6.75. The number of benzene rings is 1. The molecule has 1 aromatic heterocycles. The minimum absolute atomic E-state index is 0.0286. The van der Waals surface area contributed by atoms with Crippen LogP contribution in [0.5, 0.6) is 0 Å². The molecular weight excluding hydrogens is 686 g/mol. The molecule has 1 aliphatic heterocycles. The molecule has 0 bridgehead atoms. The molecule has 2 atom stereocenters. The Bertz CT molecular complexity index is 1500. The molecule has 0 aliphatic carbocycles. The van der Waals surface area contributed by atoms with Crippen LogP contribution in [0.4, 0.5) is 0 Å². The molecular formula is C37H53N7O9. The van der Waals surface area contributed by atoms with Crippen LogP contribution in [0.2, 0.25) is 0 Å². The van der Waals surface area contributed by atoms with Gasteiger partial charge in [-0.15, -0.1) is 0 Å². The average Bonchev–Trinajstić information content (AvgIpc) is 3.66. The molecule has 53 heavy (non-hydrogen) atoms. The van der Waals surface area contributed by atoms with Crippen molar-refractivity contribution >= 4 is 35.4 Å². The van der Waals surface area contributed by atoms with Gasteiger partial charge >= 0.3 is 0 Å². The second kappa shape index (κ2) is 24.2. The maximum absolute atomic E-state index is 13.5. The van der Waals surface area contributed by atoms with Crippen molar-refractivity contribution < 1.29 is 42.7 Å². The van der Waals surface area contributed by atoms with E-state index in [1.165, 1.54) is 12.3 Å². The first kappa shape index (κ1) is 42.4. The molecule has 0 spiro atoms. The van der Waals surface area contributed by atoms with E-state index in [9.17, 15) is 28.8 Å². The molecule has 1 aromatic carbocycles. The van der Waals surface area contributed by atoms with Gasteiger partial charge in [-0.05, 0) is 48.9 Å². The van der Waals surface area contributed by atoms with Crippen LogP contribution in [0.15, 0.2) is 59.2 Å². The summed E-state index contributed by atoms with van der Waals surface area (Å²) in [6.45, 7) is 2.35. The normalized spacial score (nSPS) is 19.5. The number of rotatable bonds is 12. The number of nitrogens with two attached hydrogens (primary N) is 1. The highest BCUT2D eigenvalue weighted by atomic mass is 16.5. The summed E-state index contributed by atoms with van der Waals surface area (Å²) >= 11 is 0. The van der Waals surface area contributed by atoms with E-state index in [1.807, 2.05) is 0 Å². The third-order valence-corrected chi connectivity index (χ3v) is 8.30. The second-order valence-electron chi connectivity index (χ2n) is 12.4. The van der Waals surface area contributed by atoms with Gasteiger partial charge in [-0.25, -0.2) is 0 Å². The van der Waals surface area contributed by atoms with Gasteiger partial charge in [0.2, 0.25) is 35.4 Å². The largest absolute Gasteiger partial charge is 0.469 e. The Hall–Kier alpha value is -5.06. The first-order valence-electron chi connectivity index (χ1n) is 17.9. The average molecular weight is 740 g/mol. The van der Waals surface area contributed by atoms with Gasteiger partial charge in [-0.1, -0.05) is 24.3 Å². The molecule has 0 saturated heterocycles. The van der Waals surface area contributed by atoms with E-state index >= 15 is 0 Å².